The number of ether oxygens (including phenoxy) is 2. The van der Waals surface area contributed by atoms with Crippen LogP contribution in [0.3, 0.4) is 0 Å². The summed E-state index contributed by atoms with van der Waals surface area (Å²) >= 11 is 0. The normalized spacial score (nSPS) is 26.7. The van der Waals surface area contributed by atoms with Gasteiger partial charge in [0.25, 0.3) is 0 Å². The summed E-state index contributed by atoms with van der Waals surface area (Å²) in [7, 11) is 1.96. The van der Waals surface area contributed by atoms with Crippen LogP contribution in [0.4, 0.5) is 0 Å². The van der Waals surface area contributed by atoms with E-state index in [1.54, 1.807) is 0 Å². The van der Waals surface area contributed by atoms with Crippen LogP contribution in [-0.4, -0.2) is 88.1 Å². The molecule has 0 aromatic carbocycles. The van der Waals surface area contributed by atoms with E-state index in [4.69, 9.17) is 9.47 Å². The van der Waals surface area contributed by atoms with E-state index in [1.807, 2.05) is 7.05 Å². The molecule has 118 valence electrons. The number of piperazine rings is 1. The molecule has 0 amide bonds. The minimum Gasteiger partial charge on any atom is -0.380 e. The Morgan fingerprint density at radius 3 is 2.05 bits per heavy atom. The molecule has 2 aliphatic heterocycles. The topological polar surface area (TPSA) is 37.0 Å². The fourth-order valence-corrected chi connectivity index (χ4v) is 3.27. The first kappa shape index (κ1) is 16.2. The maximum Gasteiger partial charge on any atom is 0.0594 e. The van der Waals surface area contributed by atoms with Crippen molar-refractivity contribution in [2.45, 2.75) is 31.8 Å². The summed E-state index contributed by atoms with van der Waals surface area (Å²) in [6.07, 6.45) is 2.46. The van der Waals surface area contributed by atoms with Crippen molar-refractivity contribution in [1.29, 1.82) is 0 Å². The minimum absolute atomic E-state index is 0.749. The SMILES string of the molecule is CCCOCCN1C[C@@H]2C[C@H]1CN2CCOCCNC. The van der Waals surface area contributed by atoms with Crippen LogP contribution in [0.2, 0.25) is 0 Å². The summed E-state index contributed by atoms with van der Waals surface area (Å²) in [5.41, 5.74) is 0. The van der Waals surface area contributed by atoms with Gasteiger partial charge in [-0.1, -0.05) is 6.92 Å². The molecule has 2 rings (SSSR count). The van der Waals surface area contributed by atoms with Gasteiger partial charge < -0.3 is 14.8 Å². The van der Waals surface area contributed by atoms with Crippen molar-refractivity contribution in [2.75, 3.05) is 66.2 Å². The zero-order valence-electron chi connectivity index (χ0n) is 13.1. The number of hydrogen-bond donors (Lipinski definition) is 1. The third-order valence-corrected chi connectivity index (χ3v) is 4.36. The molecule has 2 saturated heterocycles. The van der Waals surface area contributed by atoms with E-state index in [2.05, 4.69) is 22.0 Å². The first-order valence-electron chi connectivity index (χ1n) is 8.13. The molecule has 0 spiro atoms. The van der Waals surface area contributed by atoms with Crippen molar-refractivity contribution in [3.05, 3.63) is 0 Å². The summed E-state index contributed by atoms with van der Waals surface area (Å²) in [5.74, 6) is 0. The Bertz CT molecular complexity index is 266. The van der Waals surface area contributed by atoms with E-state index >= 15 is 0 Å². The number of rotatable bonds is 11. The molecule has 5 heteroatoms. The maximum atomic E-state index is 5.62. The van der Waals surface area contributed by atoms with E-state index in [1.165, 1.54) is 19.5 Å². The number of likely N-dealkylation sites (N-methyl/N-ethyl adjacent to an activating group) is 1. The average molecular weight is 285 g/mol. The Morgan fingerprint density at radius 2 is 1.55 bits per heavy atom. The van der Waals surface area contributed by atoms with Gasteiger partial charge in [0.2, 0.25) is 0 Å². The van der Waals surface area contributed by atoms with Crippen molar-refractivity contribution in [1.82, 2.24) is 15.1 Å². The van der Waals surface area contributed by atoms with Gasteiger partial charge in [0.05, 0.1) is 19.8 Å². The lowest BCUT2D eigenvalue weighted by atomic mass is 10.2. The molecule has 0 aromatic heterocycles. The number of likely N-dealkylation sites (tertiary alicyclic amines) is 2. The second-order valence-electron chi connectivity index (χ2n) is 5.86. The Balaban J connectivity index is 1.55. The predicted octanol–water partition coefficient (Wildman–Crippen LogP) is 0.408. The lowest BCUT2D eigenvalue weighted by molar-refractivity contribution is 0.0557. The Labute approximate surface area is 123 Å². The highest BCUT2D eigenvalue weighted by atomic mass is 16.5. The molecule has 2 fully saturated rings. The van der Waals surface area contributed by atoms with Crippen LogP contribution in [0.1, 0.15) is 19.8 Å². The lowest BCUT2D eigenvalue weighted by Gasteiger charge is -2.34. The van der Waals surface area contributed by atoms with Gasteiger partial charge >= 0.3 is 0 Å². The number of fused-ring (bicyclic) bond motifs is 2. The van der Waals surface area contributed by atoms with E-state index < -0.39 is 0 Å². The van der Waals surface area contributed by atoms with Crippen LogP contribution < -0.4 is 5.32 Å². The van der Waals surface area contributed by atoms with Crippen molar-refractivity contribution < 1.29 is 9.47 Å². The lowest BCUT2D eigenvalue weighted by Crippen LogP contribution is -2.48. The summed E-state index contributed by atoms with van der Waals surface area (Å²) < 4.78 is 11.2. The molecule has 0 aromatic rings. The van der Waals surface area contributed by atoms with Crippen molar-refractivity contribution >= 4 is 0 Å². The molecule has 0 saturated carbocycles. The molecule has 1 N–H and O–H groups in total. The Kier molecular flexibility index (Phi) is 7.24. The highest BCUT2D eigenvalue weighted by Crippen LogP contribution is 2.29. The highest BCUT2D eigenvalue weighted by Gasteiger charge is 2.42. The average Bonchev–Trinajstić information content (AvgIpc) is 3.03. The van der Waals surface area contributed by atoms with E-state index in [0.717, 1.165) is 64.6 Å². The zero-order valence-corrected chi connectivity index (χ0v) is 13.1. The van der Waals surface area contributed by atoms with Gasteiger partial charge in [-0.15, -0.1) is 0 Å². The van der Waals surface area contributed by atoms with Crippen molar-refractivity contribution in [3.63, 3.8) is 0 Å². The molecule has 2 aliphatic rings. The van der Waals surface area contributed by atoms with Gasteiger partial charge in [-0.3, -0.25) is 9.80 Å². The molecule has 20 heavy (non-hydrogen) atoms. The fourth-order valence-electron chi connectivity index (χ4n) is 3.27. The minimum atomic E-state index is 0.749. The van der Waals surface area contributed by atoms with Crippen LogP contribution in [0.5, 0.6) is 0 Å². The van der Waals surface area contributed by atoms with Crippen molar-refractivity contribution in [2.24, 2.45) is 0 Å². The second kappa shape index (κ2) is 8.95. The summed E-state index contributed by atoms with van der Waals surface area (Å²) in [6, 6.07) is 1.50. The smallest absolute Gasteiger partial charge is 0.0594 e. The monoisotopic (exact) mass is 285 g/mol. The first-order chi connectivity index (χ1) is 9.85. The summed E-state index contributed by atoms with van der Waals surface area (Å²) in [5, 5.41) is 3.10. The van der Waals surface area contributed by atoms with Gasteiger partial charge in [0, 0.05) is 51.4 Å². The largest absolute Gasteiger partial charge is 0.380 e. The van der Waals surface area contributed by atoms with Crippen LogP contribution in [0.25, 0.3) is 0 Å². The van der Waals surface area contributed by atoms with E-state index in [-0.39, 0.29) is 0 Å². The number of nitrogens with zero attached hydrogens (tertiary/aromatic N) is 2. The molecule has 0 unspecified atom stereocenters. The van der Waals surface area contributed by atoms with E-state index in [9.17, 15) is 0 Å². The van der Waals surface area contributed by atoms with Crippen molar-refractivity contribution in [3.8, 4) is 0 Å². The van der Waals surface area contributed by atoms with Crippen LogP contribution in [-0.2, 0) is 9.47 Å². The van der Waals surface area contributed by atoms with Crippen LogP contribution in [0.15, 0.2) is 0 Å². The molecular weight excluding hydrogens is 254 g/mol. The maximum absolute atomic E-state index is 5.62. The molecular formula is C15H31N3O2. The molecule has 0 aliphatic carbocycles. The predicted molar refractivity (Wildman–Crippen MR) is 81.2 cm³/mol. The Morgan fingerprint density at radius 1 is 0.950 bits per heavy atom. The Hall–Kier alpha value is -0.200. The van der Waals surface area contributed by atoms with Gasteiger partial charge in [-0.25, -0.2) is 0 Å². The van der Waals surface area contributed by atoms with Crippen LogP contribution >= 0.6 is 0 Å². The first-order valence-corrected chi connectivity index (χ1v) is 8.13. The second-order valence-corrected chi connectivity index (χ2v) is 5.86. The van der Waals surface area contributed by atoms with Gasteiger partial charge in [0.1, 0.15) is 0 Å². The molecule has 2 atom stereocenters. The number of hydrogen-bond acceptors (Lipinski definition) is 5. The summed E-state index contributed by atoms with van der Waals surface area (Å²) in [4.78, 5) is 5.21. The third kappa shape index (κ3) is 4.67. The quantitative estimate of drug-likeness (QED) is 0.557. The standard InChI is InChI=1S/C15H31N3O2/c1-3-7-19-9-5-17-12-15-11-14(17)13-18(15)6-10-20-8-4-16-2/h14-16H,3-13H2,1-2H3/t14-,15-/m0/s1. The third-order valence-electron chi connectivity index (χ3n) is 4.36. The highest BCUT2D eigenvalue weighted by molar-refractivity contribution is 4.99. The fraction of sp³-hybridized carbons (Fsp3) is 1.00. The number of nitrogens with one attached hydrogen (secondary N) is 1. The van der Waals surface area contributed by atoms with E-state index in [0.29, 0.717) is 0 Å². The molecule has 5 nitrogen and oxygen atoms in total. The van der Waals surface area contributed by atoms with Gasteiger partial charge in [-0.05, 0) is 19.9 Å². The molecule has 0 radical (unpaired) electrons. The molecule has 2 heterocycles. The summed E-state index contributed by atoms with van der Waals surface area (Å²) in [6.45, 7) is 11.2. The van der Waals surface area contributed by atoms with Crippen LogP contribution in [0, 0.1) is 0 Å². The van der Waals surface area contributed by atoms with Gasteiger partial charge in [-0.2, -0.15) is 0 Å². The van der Waals surface area contributed by atoms with Gasteiger partial charge in [0.15, 0.2) is 0 Å². The zero-order chi connectivity index (χ0) is 14.2. The molecule has 2 bridgehead atoms.